The van der Waals surface area contributed by atoms with Crippen molar-refractivity contribution in [3.8, 4) is 0 Å². The SMILES string of the molecule is CCCCC(=O)NC1(C(F)(F)F)C(=O)N(Cc2ccco2)C(C)=C1C(C)=O. The maximum atomic E-state index is 14.1. The zero-order valence-corrected chi connectivity index (χ0v) is 15.3. The van der Waals surface area contributed by atoms with Crippen molar-refractivity contribution in [2.75, 3.05) is 0 Å². The highest BCUT2D eigenvalue weighted by Gasteiger charge is 2.69. The van der Waals surface area contributed by atoms with Crippen LogP contribution in [0.4, 0.5) is 13.2 Å². The summed E-state index contributed by atoms with van der Waals surface area (Å²) in [5.74, 6) is -3.04. The Hall–Kier alpha value is -2.58. The van der Waals surface area contributed by atoms with E-state index in [1.54, 1.807) is 6.92 Å². The van der Waals surface area contributed by atoms with Crippen LogP contribution in [0.1, 0.15) is 45.8 Å². The van der Waals surface area contributed by atoms with Crippen molar-refractivity contribution >= 4 is 17.6 Å². The number of alkyl halides is 3. The molecule has 148 valence electrons. The van der Waals surface area contributed by atoms with Crippen LogP contribution in [-0.4, -0.2) is 34.2 Å². The van der Waals surface area contributed by atoms with Gasteiger partial charge in [0, 0.05) is 12.1 Å². The van der Waals surface area contributed by atoms with Gasteiger partial charge in [0.25, 0.3) is 5.91 Å². The number of carbonyl (C=O) groups excluding carboxylic acids is 3. The van der Waals surface area contributed by atoms with E-state index >= 15 is 0 Å². The normalized spacial score (nSPS) is 20.4. The van der Waals surface area contributed by atoms with E-state index in [1.165, 1.54) is 25.3 Å². The number of hydrogen-bond acceptors (Lipinski definition) is 4. The van der Waals surface area contributed by atoms with Crippen LogP contribution in [0, 0.1) is 0 Å². The fourth-order valence-electron chi connectivity index (χ4n) is 3.19. The number of furan rings is 1. The van der Waals surface area contributed by atoms with Crippen molar-refractivity contribution in [2.45, 2.75) is 58.3 Å². The smallest absolute Gasteiger partial charge is 0.425 e. The monoisotopic (exact) mass is 386 g/mol. The van der Waals surface area contributed by atoms with Gasteiger partial charge in [0.05, 0.1) is 18.4 Å². The third kappa shape index (κ3) is 3.63. The van der Waals surface area contributed by atoms with Crippen LogP contribution < -0.4 is 5.32 Å². The lowest BCUT2D eigenvalue weighted by Gasteiger charge is -2.33. The number of unbranched alkanes of at least 4 members (excludes halogenated alkanes) is 1. The number of rotatable bonds is 7. The summed E-state index contributed by atoms with van der Waals surface area (Å²) in [6, 6.07) is 3.03. The molecule has 0 saturated carbocycles. The van der Waals surface area contributed by atoms with Crippen molar-refractivity contribution < 1.29 is 32.0 Å². The lowest BCUT2D eigenvalue weighted by molar-refractivity contribution is -0.194. The highest BCUT2D eigenvalue weighted by atomic mass is 19.4. The number of nitrogens with one attached hydrogen (secondary N) is 1. The second-order valence-electron chi connectivity index (χ2n) is 6.39. The number of halogens is 3. The van der Waals surface area contributed by atoms with E-state index in [9.17, 15) is 27.6 Å². The van der Waals surface area contributed by atoms with Crippen LogP contribution in [0.25, 0.3) is 0 Å². The van der Waals surface area contributed by atoms with E-state index in [-0.39, 0.29) is 24.4 Å². The number of carbonyl (C=O) groups is 3. The third-order valence-corrected chi connectivity index (χ3v) is 4.46. The molecule has 9 heteroatoms. The molecular formula is C18H21F3N2O4. The third-order valence-electron chi connectivity index (χ3n) is 4.46. The second-order valence-corrected chi connectivity index (χ2v) is 6.39. The van der Waals surface area contributed by atoms with Gasteiger partial charge in [-0.3, -0.25) is 14.4 Å². The fourth-order valence-corrected chi connectivity index (χ4v) is 3.19. The molecule has 0 bridgehead atoms. The van der Waals surface area contributed by atoms with Crippen molar-refractivity contribution in [1.29, 1.82) is 0 Å². The van der Waals surface area contributed by atoms with Gasteiger partial charge in [-0.05, 0) is 32.4 Å². The minimum absolute atomic E-state index is 0.156. The van der Waals surface area contributed by atoms with Crippen molar-refractivity contribution in [1.82, 2.24) is 10.2 Å². The zero-order valence-electron chi connectivity index (χ0n) is 15.3. The number of ketones is 1. The van der Waals surface area contributed by atoms with E-state index < -0.39 is 34.9 Å². The van der Waals surface area contributed by atoms with Crippen LogP contribution in [0.2, 0.25) is 0 Å². The maximum absolute atomic E-state index is 14.1. The van der Waals surface area contributed by atoms with E-state index in [2.05, 4.69) is 0 Å². The van der Waals surface area contributed by atoms with Gasteiger partial charge in [-0.25, -0.2) is 0 Å². The first-order chi connectivity index (χ1) is 12.6. The molecule has 2 heterocycles. The zero-order chi connectivity index (χ0) is 20.4. The van der Waals surface area contributed by atoms with Crippen molar-refractivity contribution in [2.24, 2.45) is 0 Å². The van der Waals surface area contributed by atoms with Crippen molar-refractivity contribution in [3.63, 3.8) is 0 Å². The first-order valence-corrected chi connectivity index (χ1v) is 8.50. The summed E-state index contributed by atoms with van der Waals surface area (Å²) >= 11 is 0. The fraction of sp³-hybridized carbons (Fsp3) is 0.500. The van der Waals surface area contributed by atoms with Crippen LogP contribution in [0.3, 0.4) is 0 Å². The topological polar surface area (TPSA) is 79.6 Å². The second kappa shape index (κ2) is 7.58. The van der Waals surface area contributed by atoms with E-state index in [4.69, 9.17) is 4.42 Å². The molecule has 1 aliphatic rings. The highest BCUT2D eigenvalue weighted by Crippen LogP contribution is 2.45. The molecule has 27 heavy (non-hydrogen) atoms. The minimum atomic E-state index is -5.19. The number of allylic oxidation sites excluding steroid dienone is 1. The Labute approximate surface area is 154 Å². The van der Waals surface area contributed by atoms with Crippen molar-refractivity contribution in [3.05, 3.63) is 35.4 Å². The Morgan fingerprint density at radius 2 is 2.00 bits per heavy atom. The summed E-state index contributed by atoms with van der Waals surface area (Å²) in [6.07, 6.45) is -3.08. The summed E-state index contributed by atoms with van der Waals surface area (Å²) in [5, 5.41) is 1.82. The Balaban J connectivity index is 2.54. The molecule has 1 aromatic heterocycles. The van der Waals surface area contributed by atoms with E-state index in [0.717, 1.165) is 11.8 Å². The molecule has 0 fully saturated rings. The van der Waals surface area contributed by atoms with Gasteiger partial charge < -0.3 is 14.6 Å². The molecule has 0 radical (unpaired) electrons. The number of amides is 2. The predicted molar refractivity (Wildman–Crippen MR) is 89.1 cm³/mol. The largest absolute Gasteiger partial charge is 0.467 e. The molecule has 2 amide bonds. The molecule has 1 unspecified atom stereocenters. The summed E-state index contributed by atoms with van der Waals surface area (Å²) in [6.45, 7) is 3.70. The van der Waals surface area contributed by atoms with Gasteiger partial charge >= 0.3 is 6.18 Å². The Morgan fingerprint density at radius 1 is 1.33 bits per heavy atom. The quantitative estimate of drug-likeness (QED) is 0.781. The average molecular weight is 386 g/mol. The molecule has 1 N–H and O–H groups in total. The summed E-state index contributed by atoms with van der Waals surface area (Å²) < 4.78 is 47.4. The lowest BCUT2D eigenvalue weighted by atomic mass is 9.86. The van der Waals surface area contributed by atoms with Gasteiger partial charge in [-0.2, -0.15) is 13.2 Å². The molecule has 0 saturated heterocycles. The molecule has 0 spiro atoms. The Bertz CT molecular complexity index is 768. The predicted octanol–water partition coefficient (Wildman–Crippen LogP) is 3.09. The molecule has 6 nitrogen and oxygen atoms in total. The van der Waals surface area contributed by atoms with Crippen LogP contribution in [0.15, 0.2) is 34.1 Å². The van der Waals surface area contributed by atoms with Crippen LogP contribution >= 0.6 is 0 Å². The highest BCUT2D eigenvalue weighted by molar-refractivity contribution is 6.11. The minimum Gasteiger partial charge on any atom is -0.467 e. The Morgan fingerprint density at radius 3 is 2.48 bits per heavy atom. The first-order valence-electron chi connectivity index (χ1n) is 8.50. The van der Waals surface area contributed by atoms with Gasteiger partial charge in [0.2, 0.25) is 11.4 Å². The molecule has 2 rings (SSSR count). The summed E-state index contributed by atoms with van der Waals surface area (Å²) in [7, 11) is 0. The molecule has 0 aliphatic carbocycles. The molecular weight excluding hydrogens is 365 g/mol. The molecule has 1 aromatic rings. The van der Waals surface area contributed by atoms with E-state index in [0.29, 0.717) is 12.8 Å². The summed E-state index contributed by atoms with van der Waals surface area (Å²) in [4.78, 5) is 37.9. The van der Waals surface area contributed by atoms with Crippen LogP contribution in [0.5, 0.6) is 0 Å². The van der Waals surface area contributed by atoms with Gasteiger partial charge in [-0.1, -0.05) is 13.3 Å². The molecule has 1 aliphatic heterocycles. The van der Waals surface area contributed by atoms with Gasteiger partial charge in [0.1, 0.15) is 5.76 Å². The van der Waals surface area contributed by atoms with E-state index in [1.807, 2.05) is 5.32 Å². The lowest BCUT2D eigenvalue weighted by Crippen LogP contribution is -2.66. The first kappa shape index (κ1) is 20.7. The summed E-state index contributed by atoms with van der Waals surface area (Å²) in [5.41, 5.74) is -4.31. The standard InChI is InChI=1S/C18H21F3N2O4/c1-4-5-8-14(25)22-17(18(19,20)21)15(12(3)24)11(2)23(16(17)26)10-13-7-6-9-27-13/h6-7,9H,4-5,8,10H2,1-3H3,(H,22,25). The molecule has 0 aromatic carbocycles. The van der Waals surface area contributed by atoms with Gasteiger partial charge in [-0.15, -0.1) is 0 Å². The molecule has 1 atom stereocenters. The average Bonchev–Trinajstić information content (AvgIpc) is 3.14. The Kier molecular flexibility index (Phi) is 5.82. The number of Topliss-reactive ketones (excluding diaryl/α,β-unsaturated/α-hetero) is 1. The van der Waals surface area contributed by atoms with Crippen LogP contribution in [-0.2, 0) is 20.9 Å². The maximum Gasteiger partial charge on any atom is 0.425 e. The van der Waals surface area contributed by atoms with Gasteiger partial charge in [0.15, 0.2) is 5.78 Å². The number of nitrogens with zero attached hydrogens (tertiary/aromatic N) is 1. The number of hydrogen-bond donors (Lipinski definition) is 1.